The first kappa shape index (κ1) is 18.0. The molecule has 6 heteroatoms. The number of ether oxygens (including phenoxy) is 1. The molecule has 16 heavy (non-hydrogen) atoms. The Bertz CT molecular complexity index is 192. The van der Waals surface area contributed by atoms with Crippen molar-refractivity contribution >= 4 is 35.1 Å². The zero-order valence-electron chi connectivity index (χ0n) is 10.4. The van der Waals surface area contributed by atoms with Crippen LogP contribution in [0.4, 0.5) is 0 Å². The zero-order chi connectivity index (χ0) is 13.0. The molecule has 0 amide bonds. The van der Waals surface area contributed by atoms with E-state index >= 15 is 0 Å². The molecule has 0 fully saturated rings. The van der Waals surface area contributed by atoms with E-state index in [4.69, 9.17) is 0 Å². The van der Waals surface area contributed by atoms with Gasteiger partial charge in [0.25, 0.3) is 0 Å². The topological polar surface area (TPSA) is 41.6 Å². The molecule has 0 aromatic heterocycles. The highest BCUT2D eigenvalue weighted by atomic mass is 32.1. The van der Waals surface area contributed by atoms with Gasteiger partial charge < -0.3 is 15.0 Å². The summed E-state index contributed by atoms with van der Waals surface area (Å²) >= 11 is 8.23. The molecule has 0 spiro atoms. The lowest BCUT2D eigenvalue weighted by Gasteiger charge is -2.13. The zero-order valence-corrected chi connectivity index (χ0v) is 12.2. The molecule has 0 aliphatic rings. The van der Waals surface area contributed by atoms with E-state index in [1.807, 2.05) is 0 Å². The quantitative estimate of drug-likeness (QED) is 0.446. The Labute approximate surface area is 109 Å². The third kappa shape index (κ3) is 13.7. The van der Waals surface area contributed by atoms with Crippen LogP contribution >= 0.6 is 24.8 Å². The maximum absolute atomic E-state index is 10.3. The molecule has 0 bridgehead atoms. The van der Waals surface area contributed by atoms with Gasteiger partial charge in [0.15, 0.2) is 0 Å². The summed E-state index contributed by atoms with van der Waals surface area (Å²) < 4.78 is 4.60. The Morgan fingerprint density at radius 3 is 1.94 bits per heavy atom. The highest BCUT2D eigenvalue weighted by molar-refractivity contribution is 8.11. The number of methoxy groups -OCH3 is 1. The van der Waals surface area contributed by atoms with Gasteiger partial charge in [-0.1, -0.05) is 33.0 Å². The van der Waals surface area contributed by atoms with E-state index in [2.05, 4.69) is 60.6 Å². The number of hydrogen-bond donors (Lipinski definition) is 2. The van der Waals surface area contributed by atoms with Gasteiger partial charge in [-0.3, -0.25) is 4.79 Å². The van der Waals surface area contributed by atoms with Crippen LogP contribution in [0.5, 0.6) is 0 Å². The lowest BCUT2D eigenvalue weighted by molar-refractivity contribution is -0.139. The maximum Gasteiger partial charge on any atom is 0.325 e. The molecule has 0 atom stereocenters. The third-order valence-electron chi connectivity index (χ3n) is 1.95. The Hall–Kier alpha value is -0.330. The first-order valence-electron chi connectivity index (χ1n) is 5.27. The van der Waals surface area contributed by atoms with Crippen LogP contribution in [0, 0.1) is 0 Å². The number of nitrogens with zero attached hydrogens (tertiary/aromatic N) is 1. The van der Waals surface area contributed by atoms with E-state index in [0.29, 0.717) is 4.32 Å². The molecular formula is C10H22N2O2S2. The predicted octanol–water partition coefficient (Wildman–Crippen LogP) is 1.31. The molecule has 0 rings (SSSR count). The van der Waals surface area contributed by atoms with E-state index in [9.17, 15) is 4.79 Å². The number of thiocarbonyl (C=S) groups is 1. The highest BCUT2D eigenvalue weighted by Crippen LogP contribution is 1.81. The largest absolute Gasteiger partial charge is 0.468 e. The van der Waals surface area contributed by atoms with Crippen molar-refractivity contribution in [1.82, 2.24) is 10.2 Å². The van der Waals surface area contributed by atoms with Gasteiger partial charge in [-0.05, 0) is 19.6 Å². The normalized spacial score (nSPS) is 9.12. The van der Waals surface area contributed by atoms with Crippen molar-refractivity contribution < 1.29 is 9.53 Å². The fraction of sp³-hybridized carbons (Fsp3) is 0.800. The van der Waals surface area contributed by atoms with Crippen LogP contribution in [0.3, 0.4) is 0 Å². The molecular weight excluding hydrogens is 244 g/mol. The Kier molecular flexibility index (Phi) is 14.4. The maximum atomic E-state index is 10.3. The molecule has 0 radical (unpaired) electrons. The van der Waals surface area contributed by atoms with Crippen LogP contribution in [-0.4, -0.2) is 48.5 Å². The van der Waals surface area contributed by atoms with Crippen LogP contribution in [0.1, 0.15) is 20.8 Å². The summed E-state index contributed by atoms with van der Waals surface area (Å²) in [5, 5.41) is 2.52. The molecule has 1 N–H and O–H groups in total. The number of carbonyl (C=O) groups is 1. The number of nitrogens with one attached hydrogen (secondary N) is 1. The standard InChI is InChI=1S/C6H15N.C4H7NO2S2/c1-4-7(5-2)6-3;1-7-3(6)2-5-4(8)9/h4-6H2,1-3H3;2H2,1H3,(H2,5,8,9). The Balaban J connectivity index is 0. The summed E-state index contributed by atoms with van der Waals surface area (Å²) in [6.07, 6.45) is 0. The van der Waals surface area contributed by atoms with E-state index in [1.165, 1.54) is 26.7 Å². The number of rotatable bonds is 5. The summed E-state index contributed by atoms with van der Waals surface area (Å²) in [4.78, 5) is 12.7. The summed E-state index contributed by atoms with van der Waals surface area (Å²) in [5.74, 6) is -0.355. The minimum Gasteiger partial charge on any atom is -0.468 e. The van der Waals surface area contributed by atoms with Gasteiger partial charge in [0.05, 0.1) is 7.11 Å². The average Bonchev–Trinajstić information content (AvgIpc) is 2.29. The van der Waals surface area contributed by atoms with Gasteiger partial charge in [0.1, 0.15) is 10.9 Å². The minimum absolute atomic E-state index is 0.0822. The fourth-order valence-electron chi connectivity index (χ4n) is 0.891. The Morgan fingerprint density at radius 1 is 1.31 bits per heavy atom. The smallest absolute Gasteiger partial charge is 0.325 e. The fourth-order valence-corrected chi connectivity index (χ4v) is 1.04. The average molecular weight is 266 g/mol. The molecule has 0 heterocycles. The molecule has 0 aliphatic heterocycles. The molecule has 96 valence electrons. The van der Waals surface area contributed by atoms with E-state index < -0.39 is 0 Å². The van der Waals surface area contributed by atoms with E-state index in [1.54, 1.807) is 0 Å². The Morgan fingerprint density at radius 2 is 1.75 bits per heavy atom. The molecule has 0 aromatic carbocycles. The van der Waals surface area contributed by atoms with Crippen molar-refractivity contribution in [2.45, 2.75) is 20.8 Å². The third-order valence-corrected chi connectivity index (χ3v) is 2.26. The monoisotopic (exact) mass is 266 g/mol. The number of thiol groups is 1. The lowest BCUT2D eigenvalue weighted by Crippen LogP contribution is -2.25. The summed E-state index contributed by atoms with van der Waals surface area (Å²) in [6, 6.07) is 0. The molecule has 0 saturated carbocycles. The van der Waals surface area contributed by atoms with Gasteiger partial charge in [-0.15, -0.1) is 12.6 Å². The van der Waals surface area contributed by atoms with Crippen molar-refractivity contribution in [2.24, 2.45) is 0 Å². The van der Waals surface area contributed by atoms with Crippen molar-refractivity contribution in [3.8, 4) is 0 Å². The van der Waals surface area contributed by atoms with Gasteiger partial charge >= 0.3 is 5.97 Å². The van der Waals surface area contributed by atoms with Gasteiger partial charge in [0, 0.05) is 0 Å². The van der Waals surface area contributed by atoms with Crippen molar-refractivity contribution in [3.63, 3.8) is 0 Å². The van der Waals surface area contributed by atoms with E-state index in [-0.39, 0.29) is 12.5 Å². The van der Waals surface area contributed by atoms with Crippen LogP contribution in [-0.2, 0) is 9.53 Å². The summed E-state index contributed by atoms with van der Waals surface area (Å²) in [6.45, 7) is 10.2. The number of carbonyl (C=O) groups excluding carboxylic acids is 1. The number of hydrogen-bond acceptors (Lipinski definition) is 4. The summed E-state index contributed by atoms with van der Waals surface area (Å²) in [7, 11) is 1.31. The highest BCUT2D eigenvalue weighted by Gasteiger charge is 1.96. The first-order chi connectivity index (χ1) is 7.51. The second-order valence-electron chi connectivity index (χ2n) is 2.85. The van der Waals surface area contributed by atoms with Crippen LogP contribution in [0.25, 0.3) is 0 Å². The SMILES string of the molecule is CCN(CC)CC.COC(=O)CNC(=S)S. The molecule has 0 saturated heterocycles. The molecule has 4 nitrogen and oxygen atoms in total. The predicted molar refractivity (Wildman–Crippen MR) is 75.1 cm³/mol. The molecule has 0 unspecified atom stereocenters. The van der Waals surface area contributed by atoms with Crippen LogP contribution < -0.4 is 5.32 Å². The second kappa shape index (κ2) is 12.7. The van der Waals surface area contributed by atoms with Gasteiger partial charge in [-0.2, -0.15) is 0 Å². The molecule has 0 aromatic rings. The first-order valence-corrected chi connectivity index (χ1v) is 6.13. The minimum atomic E-state index is -0.355. The van der Waals surface area contributed by atoms with E-state index in [0.717, 1.165) is 0 Å². The number of esters is 1. The van der Waals surface area contributed by atoms with Gasteiger partial charge in [-0.25, -0.2) is 0 Å². The second-order valence-corrected chi connectivity index (χ2v) is 4.01. The van der Waals surface area contributed by atoms with Crippen LogP contribution in [0.15, 0.2) is 0 Å². The van der Waals surface area contributed by atoms with Gasteiger partial charge in [0.2, 0.25) is 0 Å². The molecule has 0 aliphatic carbocycles. The lowest BCUT2D eigenvalue weighted by atomic mass is 10.5. The van der Waals surface area contributed by atoms with Crippen molar-refractivity contribution in [2.75, 3.05) is 33.3 Å². The van der Waals surface area contributed by atoms with Crippen molar-refractivity contribution in [1.29, 1.82) is 0 Å². The van der Waals surface area contributed by atoms with Crippen LogP contribution in [0.2, 0.25) is 0 Å². The summed E-state index contributed by atoms with van der Waals surface area (Å²) in [5.41, 5.74) is 0. The van der Waals surface area contributed by atoms with Crippen molar-refractivity contribution in [3.05, 3.63) is 0 Å².